The van der Waals surface area contributed by atoms with Crippen LogP contribution in [0, 0.1) is 18.3 Å². The lowest BCUT2D eigenvalue weighted by Gasteiger charge is -2.32. The predicted octanol–water partition coefficient (Wildman–Crippen LogP) is 2.80. The fraction of sp³-hybridized carbons (Fsp3) is 0.429. The minimum absolute atomic E-state index is 0.0680. The van der Waals surface area contributed by atoms with Crippen molar-refractivity contribution in [2.24, 2.45) is 11.3 Å². The number of fused-ring (bicyclic) bond motifs is 1. The number of likely N-dealkylation sites (tertiary alicyclic amines) is 1. The molecule has 8 nitrogen and oxygen atoms in total. The first-order valence-electron chi connectivity index (χ1n) is 9.87. The van der Waals surface area contributed by atoms with Gasteiger partial charge in [0, 0.05) is 38.1 Å². The summed E-state index contributed by atoms with van der Waals surface area (Å²) in [7, 11) is 0. The summed E-state index contributed by atoms with van der Waals surface area (Å²) in [5.74, 6) is 0.995. The predicted molar refractivity (Wildman–Crippen MR) is 103 cm³/mol. The van der Waals surface area contributed by atoms with E-state index in [0.29, 0.717) is 48.5 Å². The second kappa shape index (κ2) is 6.72. The molecule has 5 rings (SSSR count). The molecule has 0 radical (unpaired) electrons. The van der Waals surface area contributed by atoms with Gasteiger partial charge < -0.3 is 19.1 Å². The number of amides is 2. The largest absolute Gasteiger partial charge is 0.449 e. The van der Waals surface area contributed by atoms with Crippen molar-refractivity contribution in [1.82, 2.24) is 20.2 Å². The van der Waals surface area contributed by atoms with E-state index in [4.69, 9.17) is 8.83 Å². The summed E-state index contributed by atoms with van der Waals surface area (Å²) in [5, 5.41) is 3.87. The van der Waals surface area contributed by atoms with Gasteiger partial charge in [0.25, 0.3) is 11.8 Å². The Morgan fingerprint density at radius 1 is 1.34 bits per heavy atom. The summed E-state index contributed by atoms with van der Waals surface area (Å²) in [6.07, 6.45) is 7.69. The van der Waals surface area contributed by atoms with E-state index in [2.05, 4.69) is 15.3 Å². The molecule has 3 aromatic rings. The Morgan fingerprint density at radius 3 is 2.90 bits per heavy atom. The number of furan rings is 1. The summed E-state index contributed by atoms with van der Waals surface area (Å²) < 4.78 is 10.7. The van der Waals surface area contributed by atoms with Crippen molar-refractivity contribution in [3.63, 3.8) is 0 Å². The van der Waals surface area contributed by atoms with E-state index in [1.54, 1.807) is 25.4 Å². The van der Waals surface area contributed by atoms with Crippen molar-refractivity contribution in [3.8, 4) is 0 Å². The summed E-state index contributed by atoms with van der Waals surface area (Å²) in [6.45, 7) is 3.79. The molecule has 4 heterocycles. The molecule has 3 aromatic heterocycles. The van der Waals surface area contributed by atoms with Gasteiger partial charge in [0.05, 0.1) is 6.20 Å². The van der Waals surface area contributed by atoms with Crippen LogP contribution in [-0.2, 0) is 0 Å². The fourth-order valence-corrected chi connectivity index (χ4v) is 4.41. The van der Waals surface area contributed by atoms with Gasteiger partial charge >= 0.3 is 0 Å². The lowest BCUT2D eigenvalue weighted by molar-refractivity contribution is 0.0662. The van der Waals surface area contributed by atoms with Gasteiger partial charge in [-0.05, 0) is 42.7 Å². The zero-order valence-corrected chi connectivity index (χ0v) is 16.2. The minimum atomic E-state index is -0.197. The van der Waals surface area contributed by atoms with Gasteiger partial charge in [-0.1, -0.05) is 0 Å². The van der Waals surface area contributed by atoms with Crippen LogP contribution in [0.3, 0.4) is 0 Å². The van der Waals surface area contributed by atoms with Crippen molar-refractivity contribution in [3.05, 3.63) is 48.1 Å². The molecule has 1 spiro atoms. The Morgan fingerprint density at radius 2 is 2.17 bits per heavy atom. The summed E-state index contributed by atoms with van der Waals surface area (Å²) in [6, 6.07) is 3.56. The highest BCUT2D eigenvalue weighted by atomic mass is 16.3. The van der Waals surface area contributed by atoms with Crippen LogP contribution in [0.5, 0.6) is 0 Å². The lowest BCUT2D eigenvalue weighted by Crippen LogP contribution is -2.40. The molecule has 29 heavy (non-hydrogen) atoms. The molecule has 1 saturated heterocycles. The van der Waals surface area contributed by atoms with Crippen LogP contribution in [0.4, 0.5) is 0 Å². The summed E-state index contributed by atoms with van der Waals surface area (Å²) in [5.41, 5.74) is 1.22. The molecule has 8 heteroatoms. The lowest BCUT2D eigenvalue weighted by atomic mass is 9.90. The number of hydrogen-bond acceptors (Lipinski definition) is 6. The van der Waals surface area contributed by atoms with Crippen molar-refractivity contribution >= 4 is 22.8 Å². The van der Waals surface area contributed by atoms with E-state index in [-0.39, 0.29) is 17.2 Å². The van der Waals surface area contributed by atoms with Crippen molar-refractivity contribution < 1.29 is 18.4 Å². The zero-order valence-electron chi connectivity index (χ0n) is 16.2. The number of carbonyl (C=O) groups excluding carboxylic acids is 2. The third kappa shape index (κ3) is 3.28. The van der Waals surface area contributed by atoms with Crippen molar-refractivity contribution in [2.75, 3.05) is 19.6 Å². The van der Waals surface area contributed by atoms with E-state index >= 15 is 0 Å². The van der Waals surface area contributed by atoms with E-state index in [1.807, 2.05) is 11.0 Å². The van der Waals surface area contributed by atoms with Crippen LogP contribution in [0.15, 0.2) is 39.6 Å². The third-order valence-corrected chi connectivity index (χ3v) is 6.30. The molecule has 1 saturated carbocycles. The van der Waals surface area contributed by atoms with Gasteiger partial charge in [0.1, 0.15) is 6.26 Å². The van der Waals surface area contributed by atoms with Gasteiger partial charge in [0.15, 0.2) is 22.9 Å². The first-order chi connectivity index (χ1) is 14.0. The van der Waals surface area contributed by atoms with Crippen LogP contribution in [-0.4, -0.2) is 46.3 Å². The Balaban J connectivity index is 1.13. The van der Waals surface area contributed by atoms with Gasteiger partial charge in [-0.15, -0.1) is 0 Å². The quantitative estimate of drug-likeness (QED) is 0.730. The van der Waals surface area contributed by atoms with E-state index in [1.165, 1.54) is 6.26 Å². The van der Waals surface area contributed by atoms with E-state index < -0.39 is 0 Å². The molecule has 1 aliphatic heterocycles. The topological polar surface area (TPSA) is 101 Å². The molecular formula is C21H22N4O4. The van der Waals surface area contributed by atoms with E-state index in [9.17, 15) is 9.59 Å². The fourth-order valence-electron chi connectivity index (χ4n) is 4.41. The number of aromatic nitrogens is 2. The molecule has 1 unspecified atom stereocenters. The molecule has 2 amide bonds. The monoisotopic (exact) mass is 394 g/mol. The average molecular weight is 394 g/mol. The maximum atomic E-state index is 12.5. The number of oxazole rings is 1. The Kier molecular flexibility index (Phi) is 4.15. The highest BCUT2D eigenvalue weighted by molar-refractivity contribution is 5.96. The number of carbonyl (C=O) groups is 2. The van der Waals surface area contributed by atoms with E-state index in [0.717, 1.165) is 24.6 Å². The van der Waals surface area contributed by atoms with Gasteiger partial charge in [-0.3, -0.25) is 14.6 Å². The molecule has 0 aromatic carbocycles. The standard InChI is InChI=1S/C21H22N4O4/c1-13-24-16(12-28-13)20(27)25-6-3-21(4-7-25)9-15(21)10-23-19(26)17-8-14-2-5-22-11-18(14)29-17/h2,5,8,11-12,15H,3-4,6-7,9-10H2,1H3,(H,23,26). The van der Waals surface area contributed by atoms with Crippen LogP contribution in [0.1, 0.15) is 46.2 Å². The number of rotatable bonds is 4. The number of pyridine rings is 1. The van der Waals surface area contributed by atoms with Crippen LogP contribution in [0.25, 0.3) is 11.0 Å². The van der Waals surface area contributed by atoms with Crippen LogP contribution < -0.4 is 5.32 Å². The maximum Gasteiger partial charge on any atom is 0.287 e. The van der Waals surface area contributed by atoms with Crippen LogP contribution in [0.2, 0.25) is 0 Å². The SMILES string of the molecule is Cc1nc(C(=O)N2CCC3(CC2)CC3CNC(=O)c2cc3ccncc3o2)co1. The highest BCUT2D eigenvalue weighted by Crippen LogP contribution is 2.59. The number of piperidine rings is 1. The molecule has 0 bridgehead atoms. The van der Waals surface area contributed by atoms with Gasteiger partial charge in [0.2, 0.25) is 0 Å². The molecule has 2 aliphatic rings. The Bertz CT molecular complexity index is 1040. The summed E-state index contributed by atoms with van der Waals surface area (Å²) in [4.78, 5) is 34.9. The third-order valence-electron chi connectivity index (χ3n) is 6.30. The van der Waals surface area contributed by atoms with Gasteiger partial charge in [-0.25, -0.2) is 4.98 Å². The van der Waals surface area contributed by atoms with Crippen LogP contribution >= 0.6 is 0 Å². The minimum Gasteiger partial charge on any atom is -0.449 e. The van der Waals surface area contributed by atoms with Crippen molar-refractivity contribution in [2.45, 2.75) is 26.2 Å². The first-order valence-corrected chi connectivity index (χ1v) is 9.87. The van der Waals surface area contributed by atoms with Gasteiger partial charge in [-0.2, -0.15) is 0 Å². The summed E-state index contributed by atoms with van der Waals surface area (Å²) >= 11 is 0. The second-order valence-corrected chi connectivity index (χ2v) is 8.04. The normalized spacial score (nSPS) is 20.2. The average Bonchev–Trinajstić information content (AvgIpc) is 3.08. The first kappa shape index (κ1) is 17.9. The number of nitrogens with zero attached hydrogens (tertiary/aromatic N) is 3. The molecule has 150 valence electrons. The second-order valence-electron chi connectivity index (χ2n) is 8.04. The smallest absolute Gasteiger partial charge is 0.287 e. The van der Waals surface area contributed by atoms with Crippen molar-refractivity contribution in [1.29, 1.82) is 0 Å². The molecule has 1 N–H and O–H groups in total. The molecule has 1 atom stereocenters. The number of aryl methyl sites for hydroxylation is 1. The molecule has 2 fully saturated rings. The Labute approximate surface area is 167 Å². The number of hydrogen-bond donors (Lipinski definition) is 1. The maximum absolute atomic E-state index is 12.5. The zero-order chi connectivity index (χ0) is 20.0. The molecular weight excluding hydrogens is 372 g/mol. The number of nitrogens with one attached hydrogen (secondary N) is 1. The Hall–Kier alpha value is -3.16. The highest BCUT2D eigenvalue weighted by Gasteiger charge is 2.54. The molecule has 1 aliphatic carbocycles.